The zero-order valence-corrected chi connectivity index (χ0v) is 6.67. The molecule has 0 aromatic carbocycles. The number of primary amides is 1. The fraction of sp³-hybridized carbons (Fsp3) is 0.250. The number of hydrogen-bond donors (Lipinski definition) is 1. The van der Waals surface area contributed by atoms with Crippen molar-refractivity contribution >= 4 is 5.91 Å². The number of pyridine rings is 1. The Hall–Kier alpha value is -1.45. The van der Waals surface area contributed by atoms with Crippen molar-refractivity contribution in [3.05, 3.63) is 29.3 Å². The van der Waals surface area contributed by atoms with Gasteiger partial charge in [-0.05, 0) is 18.6 Å². The number of amides is 1. The van der Waals surface area contributed by atoms with Gasteiger partial charge in [-0.2, -0.15) is 0 Å². The lowest BCUT2D eigenvalue weighted by Crippen LogP contribution is -2.14. The number of carbonyl (C=O) groups excluding carboxylic acids is 1. The second-order valence-corrected chi connectivity index (χ2v) is 2.57. The van der Waals surface area contributed by atoms with Crippen molar-refractivity contribution < 1.29 is 9.18 Å². The number of aromatic nitrogens is 1. The highest BCUT2D eigenvalue weighted by atomic mass is 19.1. The summed E-state index contributed by atoms with van der Waals surface area (Å²) >= 11 is 0. The van der Waals surface area contributed by atoms with Crippen molar-refractivity contribution in [1.29, 1.82) is 0 Å². The van der Waals surface area contributed by atoms with Crippen LogP contribution in [0.3, 0.4) is 0 Å². The van der Waals surface area contributed by atoms with E-state index in [1.165, 1.54) is 6.07 Å². The van der Waals surface area contributed by atoms with E-state index < -0.39 is 5.91 Å². The van der Waals surface area contributed by atoms with Gasteiger partial charge in [0, 0.05) is 0 Å². The lowest BCUT2D eigenvalue weighted by molar-refractivity contribution is -0.117. The number of halogens is 1. The van der Waals surface area contributed by atoms with Crippen LogP contribution < -0.4 is 5.73 Å². The minimum absolute atomic E-state index is 0.0567. The zero-order chi connectivity index (χ0) is 9.14. The van der Waals surface area contributed by atoms with E-state index in [1.54, 1.807) is 6.92 Å². The molecule has 0 fully saturated rings. The van der Waals surface area contributed by atoms with Gasteiger partial charge in [-0.25, -0.2) is 4.39 Å². The molecule has 0 saturated heterocycles. The Kier molecular flexibility index (Phi) is 2.38. The first-order valence-electron chi connectivity index (χ1n) is 3.49. The number of rotatable bonds is 2. The number of nitrogens with zero attached hydrogens (tertiary/aromatic N) is 1. The minimum atomic E-state index is -0.464. The molecule has 0 aliphatic rings. The number of aryl methyl sites for hydroxylation is 1. The van der Waals surface area contributed by atoms with Crippen LogP contribution in [0.2, 0.25) is 0 Å². The number of hydrogen-bond acceptors (Lipinski definition) is 2. The van der Waals surface area contributed by atoms with Crippen LogP contribution in [0.15, 0.2) is 12.3 Å². The molecule has 0 bridgehead atoms. The number of carbonyl (C=O) groups is 1. The Labute approximate surface area is 69.4 Å². The van der Waals surface area contributed by atoms with Gasteiger partial charge in [0.05, 0.1) is 18.3 Å². The van der Waals surface area contributed by atoms with E-state index >= 15 is 0 Å². The molecule has 0 unspecified atom stereocenters. The third kappa shape index (κ3) is 2.02. The van der Waals surface area contributed by atoms with Crippen LogP contribution in [-0.2, 0) is 11.2 Å². The monoisotopic (exact) mass is 168 g/mol. The van der Waals surface area contributed by atoms with Gasteiger partial charge in [-0.15, -0.1) is 0 Å². The molecule has 1 aromatic rings. The van der Waals surface area contributed by atoms with E-state index in [2.05, 4.69) is 4.98 Å². The highest BCUT2D eigenvalue weighted by molar-refractivity contribution is 5.76. The quantitative estimate of drug-likeness (QED) is 0.701. The average Bonchev–Trinajstić information content (AvgIpc) is 1.96. The Balaban J connectivity index is 2.89. The van der Waals surface area contributed by atoms with E-state index in [-0.39, 0.29) is 12.2 Å². The third-order valence-electron chi connectivity index (χ3n) is 1.46. The maximum Gasteiger partial charge on any atom is 0.223 e. The van der Waals surface area contributed by atoms with Crippen molar-refractivity contribution in [2.45, 2.75) is 13.3 Å². The van der Waals surface area contributed by atoms with Crippen molar-refractivity contribution in [3.63, 3.8) is 0 Å². The first-order valence-corrected chi connectivity index (χ1v) is 3.49. The van der Waals surface area contributed by atoms with Crippen molar-refractivity contribution in [3.8, 4) is 0 Å². The van der Waals surface area contributed by atoms with Crippen LogP contribution in [0.1, 0.15) is 11.3 Å². The molecule has 1 aromatic heterocycles. The fourth-order valence-electron chi connectivity index (χ4n) is 0.873. The Morgan fingerprint density at radius 3 is 2.92 bits per heavy atom. The maximum absolute atomic E-state index is 12.7. The lowest BCUT2D eigenvalue weighted by Gasteiger charge is -1.98. The minimum Gasteiger partial charge on any atom is -0.369 e. The van der Waals surface area contributed by atoms with Gasteiger partial charge >= 0.3 is 0 Å². The second-order valence-electron chi connectivity index (χ2n) is 2.57. The largest absolute Gasteiger partial charge is 0.369 e. The molecule has 0 aliphatic heterocycles. The predicted octanol–water partition coefficient (Wildman–Crippen LogP) is 0.557. The molecule has 1 amide bonds. The van der Waals surface area contributed by atoms with Crippen LogP contribution in [0, 0.1) is 12.7 Å². The van der Waals surface area contributed by atoms with Gasteiger partial charge in [0.2, 0.25) is 5.91 Å². The molecule has 0 radical (unpaired) electrons. The van der Waals surface area contributed by atoms with Crippen molar-refractivity contribution in [2.24, 2.45) is 5.73 Å². The van der Waals surface area contributed by atoms with Crippen LogP contribution in [0.25, 0.3) is 0 Å². The van der Waals surface area contributed by atoms with E-state index in [4.69, 9.17) is 5.73 Å². The zero-order valence-electron chi connectivity index (χ0n) is 6.67. The molecule has 2 N–H and O–H groups in total. The van der Waals surface area contributed by atoms with Crippen molar-refractivity contribution in [1.82, 2.24) is 4.98 Å². The molecule has 0 atom stereocenters. The maximum atomic E-state index is 12.7. The fourth-order valence-corrected chi connectivity index (χ4v) is 0.873. The van der Waals surface area contributed by atoms with Gasteiger partial charge in [0.1, 0.15) is 5.82 Å². The molecule has 1 rings (SSSR count). The molecule has 0 saturated carbocycles. The molecular weight excluding hydrogens is 159 g/mol. The summed E-state index contributed by atoms with van der Waals surface area (Å²) in [5.74, 6) is -0.836. The number of nitrogens with two attached hydrogens (primary N) is 1. The summed E-state index contributed by atoms with van der Waals surface area (Å²) in [7, 11) is 0. The van der Waals surface area contributed by atoms with E-state index in [1.807, 2.05) is 0 Å². The highest BCUT2D eigenvalue weighted by Crippen LogP contribution is 2.05. The van der Waals surface area contributed by atoms with Crippen LogP contribution >= 0.6 is 0 Å². The molecule has 0 spiro atoms. The summed E-state index contributed by atoms with van der Waals surface area (Å²) in [4.78, 5) is 14.2. The molecule has 0 aliphatic carbocycles. The Bertz CT molecular complexity index is 312. The summed E-state index contributed by atoms with van der Waals surface area (Å²) in [5, 5.41) is 0. The second kappa shape index (κ2) is 3.30. The van der Waals surface area contributed by atoms with Crippen LogP contribution in [0.4, 0.5) is 4.39 Å². The molecular formula is C8H9FN2O. The van der Waals surface area contributed by atoms with Gasteiger partial charge in [-0.3, -0.25) is 9.78 Å². The molecule has 1 heterocycles. The molecule has 12 heavy (non-hydrogen) atoms. The lowest BCUT2D eigenvalue weighted by atomic mass is 10.2. The molecule has 64 valence electrons. The first kappa shape index (κ1) is 8.64. The third-order valence-corrected chi connectivity index (χ3v) is 1.46. The average molecular weight is 168 g/mol. The topological polar surface area (TPSA) is 56.0 Å². The van der Waals surface area contributed by atoms with E-state index in [0.717, 1.165) is 6.20 Å². The first-order chi connectivity index (χ1) is 5.59. The summed E-state index contributed by atoms with van der Waals surface area (Å²) in [6.45, 7) is 1.61. The molecule has 4 heteroatoms. The van der Waals surface area contributed by atoms with E-state index in [9.17, 15) is 9.18 Å². The van der Waals surface area contributed by atoms with Gasteiger partial charge < -0.3 is 5.73 Å². The SMILES string of the molecule is Cc1cc(CC(N)=O)ncc1F. The summed E-state index contributed by atoms with van der Waals surface area (Å²) in [5.41, 5.74) is 5.91. The van der Waals surface area contributed by atoms with Gasteiger partial charge in [-0.1, -0.05) is 0 Å². The van der Waals surface area contributed by atoms with Crippen LogP contribution in [-0.4, -0.2) is 10.9 Å². The summed E-state index contributed by atoms with van der Waals surface area (Å²) in [6.07, 6.45) is 1.15. The Morgan fingerprint density at radius 1 is 1.75 bits per heavy atom. The van der Waals surface area contributed by atoms with E-state index in [0.29, 0.717) is 11.3 Å². The van der Waals surface area contributed by atoms with Gasteiger partial charge in [0.25, 0.3) is 0 Å². The summed E-state index contributed by atoms with van der Waals surface area (Å²) < 4.78 is 12.7. The smallest absolute Gasteiger partial charge is 0.223 e. The molecule has 3 nitrogen and oxygen atoms in total. The predicted molar refractivity (Wildman–Crippen MR) is 41.8 cm³/mol. The van der Waals surface area contributed by atoms with Gasteiger partial charge in [0.15, 0.2) is 0 Å². The van der Waals surface area contributed by atoms with Crippen LogP contribution in [0.5, 0.6) is 0 Å². The Morgan fingerprint density at radius 2 is 2.42 bits per heavy atom. The standard InChI is InChI=1S/C8H9FN2O/c1-5-2-6(3-8(10)12)11-4-7(5)9/h2,4H,3H2,1H3,(H2,10,12). The summed E-state index contributed by atoms with van der Waals surface area (Å²) in [6, 6.07) is 1.51. The van der Waals surface area contributed by atoms with Crippen molar-refractivity contribution in [2.75, 3.05) is 0 Å². The normalized spacial score (nSPS) is 9.83. The highest BCUT2D eigenvalue weighted by Gasteiger charge is 2.02.